The molecule has 122 valence electrons. The van der Waals surface area contributed by atoms with Gasteiger partial charge in [-0.3, -0.25) is 4.79 Å². The molecule has 2 aromatic carbocycles. The summed E-state index contributed by atoms with van der Waals surface area (Å²) in [5, 5.41) is 2.67. The highest BCUT2D eigenvalue weighted by molar-refractivity contribution is 6.30. The molecule has 2 rings (SSSR count). The summed E-state index contributed by atoms with van der Waals surface area (Å²) in [6.07, 6.45) is 0. The van der Waals surface area contributed by atoms with E-state index in [0.29, 0.717) is 10.8 Å². The Labute approximate surface area is 136 Å². The third-order valence-corrected chi connectivity index (χ3v) is 3.30. The van der Waals surface area contributed by atoms with Crippen molar-refractivity contribution in [2.24, 2.45) is 0 Å². The number of halogens is 4. The molecule has 2 aromatic rings. The van der Waals surface area contributed by atoms with Crippen LogP contribution in [0.4, 0.5) is 18.9 Å². The number of hydrogen-bond donors (Lipinski definition) is 1. The summed E-state index contributed by atoms with van der Waals surface area (Å²) in [4.78, 5) is 11.8. The summed E-state index contributed by atoms with van der Waals surface area (Å²) < 4.78 is 44.8. The minimum Gasteiger partial charge on any atom is -0.483 e. The van der Waals surface area contributed by atoms with Crippen LogP contribution >= 0.6 is 11.6 Å². The van der Waals surface area contributed by atoms with Gasteiger partial charge in [0.1, 0.15) is 5.75 Å². The Kier molecular flexibility index (Phi) is 5.15. The number of anilines is 1. The molecule has 0 fully saturated rings. The molecule has 23 heavy (non-hydrogen) atoms. The molecule has 0 unspecified atom stereocenters. The molecule has 0 saturated carbocycles. The highest BCUT2D eigenvalue weighted by Crippen LogP contribution is 2.27. The Balaban J connectivity index is 2.06. The van der Waals surface area contributed by atoms with E-state index in [1.165, 1.54) is 0 Å². The fraction of sp³-hybridized carbons (Fsp3) is 0.188. The summed E-state index contributed by atoms with van der Waals surface area (Å²) >= 11 is 5.89. The fourth-order valence-corrected chi connectivity index (χ4v) is 2.40. The van der Waals surface area contributed by atoms with E-state index in [2.05, 4.69) is 5.32 Å². The van der Waals surface area contributed by atoms with Crippen LogP contribution in [0.5, 0.6) is 5.75 Å². The number of benzene rings is 2. The molecule has 0 aliphatic rings. The van der Waals surface area contributed by atoms with Gasteiger partial charge in [0, 0.05) is 5.02 Å². The molecule has 0 aromatic heterocycles. The Morgan fingerprint density at radius 1 is 1.13 bits per heavy atom. The number of aryl methyl sites for hydroxylation is 2. The molecule has 0 heterocycles. The summed E-state index contributed by atoms with van der Waals surface area (Å²) in [6.45, 7) is 3.12. The molecule has 1 amide bonds. The van der Waals surface area contributed by atoms with Crippen LogP contribution in [-0.4, -0.2) is 12.5 Å². The lowest BCUT2D eigenvalue weighted by Gasteiger charge is -2.13. The molecule has 0 bridgehead atoms. The van der Waals surface area contributed by atoms with Crippen molar-refractivity contribution in [3.63, 3.8) is 0 Å². The van der Waals surface area contributed by atoms with Gasteiger partial charge in [-0.1, -0.05) is 11.6 Å². The van der Waals surface area contributed by atoms with Gasteiger partial charge < -0.3 is 10.1 Å². The first-order valence-corrected chi connectivity index (χ1v) is 7.00. The lowest BCUT2D eigenvalue weighted by Crippen LogP contribution is -2.21. The standard InChI is InChI=1S/C16H13ClF3NO2/c1-8-5-10(17)6-9(2)16(8)23-7-13(22)21-12-4-3-11(18)14(19)15(12)20/h3-6H,7H2,1-2H3,(H,21,22). The van der Waals surface area contributed by atoms with E-state index in [9.17, 15) is 18.0 Å². The topological polar surface area (TPSA) is 38.3 Å². The second-order valence-electron chi connectivity index (χ2n) is 4.93. The van der Waals surface area contributed by atoms with Crippen molar-refractivity contribution in [3.8, 4) is 5.75 Å². The number of carbonyl (C=O) groups excluding carboxylic acids is 1. The predicted octanol–water partition coefficient (Wildman–Crippen LogP) is 4.39. The van der Waals surface area contributed by atoms with E-state index < -0.39 is 35.7 Å². The minimum atomic E-state index is -1.65. The maximum absolute atomic E-state index is 13.5. The Hall–Kier alpha value is -2.21. The molecule has 0 radical (unpaired) electrons. The minimum absolute atomic E-state index is 0.415. The van der Waals surface area contributed by atoms with Crippen molar-refractivity contribution in [1.29, 1.82) is 0 Å². The maximum atomic E-state index is 13.5. The normalized spacial score (nSPS) is 10.5. The van der Waals surface area contributed by atoms with Crippen molar-refractivity contribution < 1.29 is 22.7 Å². The zero-order valence-electron chi connectivity index (χ0n) is 12.3. The Morgan fingerprint density at radius 2 is 1.74 bits per heavy atom. The predicted molar refractivity (Wildman–Crippen MR) is 81.4 cm³/mol. The van der Waals surface area contributed by atoms with Crippen LogP contribution in [0, 0.1) is 31.3 Å². The number of carbonyl (C=O) groups is 1. The molecule has 1 N–H and O–H groups in total. The van der Waals surface area contributed by atoms with Crippen LogP contribution in [0.25, 0.3) is 0 Å². The Morgan fingerprint density at radius 3 is 2.35 bits per heavy atom. The molecule has 0 atom stereocenters. The zero-order chi connectivity index (χ0) is 17.1. The summed E-state index contributed by atoms with van der Waals surface area (Å²) in [6, 6.07) is 5.01. The van der Waals surface area contributed by atoms with Crippen LogP contribution in [0.15, 0.2) is 24.3 Å². The molecule has 3 nitrogen and oxygen atoms in total. The van der Waals surface area contributed by atoms with Gasteiger partial charge in [-0.25, -0.2) is 13.2 Å². The molecule has 0 spiro atoms. The molecule has 0 aliphatic heterocycles. The zero-order valence-corrected chi connectivity index (χ0v) is 13.1. The largest absolute Gasteiger partial charge is 0.483 e. The van der Waals surface area contributed by atoms with Gasteiger partial charge in [0.05, 0.1) is 5.69 Å². The first-order chi connectivity index (χ1) is 10.8. The van der Waals surface area contributed by atoms with Crippen molar-refractivity contribution in [2.45, 2.75) is 13.8 Å². The SMILES string of the molecule is Cc1cc(Cl)cc(C)c1OCC(=O)Nc1ccc(F)c(F)c1F. The Bertz CT molecular complexity index is 742. The second kappa shape index (κ2) is 6.91. The van der Waals surface area contributed by atoms with Crippen molar-refractivity contribution in [3.05, 3.63) is 57.9 Å². The number of nitrogens with one attached hydrogen (secondary N) is 1. The van der Waals surface area contributed by atoms with Crippen molar-refractivity contribution >= 4 is 23.2 Å². The highest BCUT2D eigenvalue weighted by Gasteiger charge is 2.16. The van der Waals surface area contributed by atoms with Crippen LogP contribution < -0.4 is 10.1 Å². The van der Waals surface area contributed by atoms with E-state index in [4.69, 9.17) is 16.3 Å². The van der Waals surface area contributed by atoms with Gasteiger partial charge >= 0.3 is 0 Å². The van der Waals surface area contributed by atoms with Crippen LogP contribution in [0.2, 0.25) is 5.02 Å². The first-order valence-electron chi connectivity index (χ1n) is 6.62. The average Bonchev–Trinajstić information content (AvgIpc) is 2.47. The molecule has 0 saturated heterocycles. The summed E-state index contributed by atoms with van der Waals surface area (Å²) in [5.74, 6) is -4.66. The maximum Gasteiger partial charge on any atom is 0.262 e. The third kappa shape index (κ3) is 3.96. The van der Waals surface area contributed by atoms with Gasteiger partial charge in [0.2, 0.25) is 0 Å². The third-order valence-electron chi connectivity index (χ3n) is 3.08. The summed E-state index contributed by atoms with van der Waals surface area (Å²) in [5.41, 5.74) is 1.02. The summed E-state index contributed by atoms with van der Waals surface area (Å²) in [7, 11) is 0. The number of amides is 1. The first kappa shape index (κ1) is 17.1. The van der Waals surface area contributed by atoms with E-state index in [-0.39, 0.29) is 0 Å². The molecular weight excluding hydrogens is 331 g/mol. The fourth-order valence-electron chi connectivity index (χ4n) is 2.07. The van der Waals surface area contributed by atoms with Gasteiger partial charge in [0.25, 0.3) is 5.91 Å². The van der Waals surface area contributed by atoms with Gasteiger partial charge in [-0.2, -0.15) is 0 Å². The smallest absolute Gasteiger partial charge is 0.262 e. The number of rotatable bonds is 4. The van der Waals surface area contributed by atoms with E-state index in [1.54, 1.807) is 26.0 Å². The molecule has 0 aliphatic carbocycles. The van der Waals surface area contributed by atoms with Gasteiger partial charge in [0.15, 0.2) is 24.1 Å². The van der Waals surface area contributed by atoms with Gasteiger partial charge in [-0.05, 0) is 49.2 Å². The highest BCUT2D eigenvalue weighted by atomic mass is 35.5. The van der Waals surface area contributed by atoms with Crippen LogP contribution in [-0.2, 0) is 4.79 Å². The van der Waals surface area contributed by atoms with Gasteiger partial charge in [-0.15, -0.1) is 0 Å². The van der Waals surface area contributed by atoms with E-state index >= 15 is 0 Å². The molecular formula is C16H13ClF3NO2. The lowest BCUT2D eigenvalue weighted by atomic mass is 10.1. The second-order valence-corrected chi connectivity index (χ2v) is 5.36. The van der Waals surface area contributed by atoms with Crippen molar-refractivity contribution in [1.82, 2.24) is 0 Å². The van der Waals surface area contributed by atoms with E-state index in [0.717, 1.165) is 23.3 Å². The quantitative estimate of drug-likeness (QED) is 0.836. The van der Waals surface area contributed by atoms with Crippen molar-refractivity contribution in [2.75, 3.05) is 11.9 Å². The van der Waals surface area contributed by atoms with Crippen LogP contribution in [0.3, 0.4) is 0 Å². The van der Waals surface area contributed by atoms with Crippen LogP contribution in [0.1, 0.15) is 11.1 Å². The monoisotopic (exact) mass is 343 g/mol. The number of ether oxygens (including phenoxy) is 1. The molecule has 7 heteroatoms. The number of hydrogen-bond acceptors (Lipinski definition) is 2. The lowest BCUT2D eigenvalue weighted by molar-refractivity contribution is -0.118. The average molecular weight is 344 g/mol. The van der Waals surface area contributed by atoms with E-state index in [1.807, 2.05) is 0 Å².